The molecule has 6 rings (SSSR count). The van der Waals surface area contributed by atoms with Crippen LogP contribution in [0.25, 0.3) is 22.2 Å². The van der Waals surface area contributed by atoms with E-state index in [0.29, 0.717) is 42.5 Å². The summed E-state index contributed by atoms with van der Waals surface area (Å²) in [6, 6.07) is 22.2. The fourth-order valence-electron chi connectivity index (χ4n) is 4.91. The van der Waals surface area contributed by atoms with E-state index in [2.05, 4.69) is 5.10 Å². The van der Waals surface area contributed by atoms with Gasteiger partial charge in [-0.25, -0.2) is 13.2 Å². The molecule has 4 aromatic carbocycles. The molecular formula is C31H25F3N2O3. The molecule has 0 aliphatic carbocycles. The van der Waals surface area contributed by atoms with Gasteiger partial charge in [0.1, 0.15) is 17.0 Å². The Morgan fingerprint density at radius 3 is 2.26 bits per heavy atom. The fraction of sp³-hybridized carbons (Fsp3) is 0.194. The molecule has 5 aromatic rings. The Morgan fingerprint density at radius 1 is 0.821 bits per heavy atom. The first kappa shape index (κ1) is 25.2. The molecule has 0 unspecified atom stereocenters. The summed E-state index contributed by atoms with van der Waals surface area (Å²) in [5.41, 5.74) is 3.70. The van der Waals surface area contributed by atoms with Crippen LogP contribution in [-0.4, -0.2) is 23.0 Å². The van der Waals surface area contributed by atoms with Crippen LogP contribution in [0, 0.1) is 31.3 Å². The van der Waals surface area contributed by atoms with E-state index in [-0.39, 0.29) is 16.5 Å². The average molecular weight is 531 g/mol. The van der Waals surface area contributed by atoms with Crippen molar-refractivity contribution < 1.29 is 27.4 Å². The number of hydrogen-bond donors (Lipinski definition) is 0. The predicted octanol–water partition coefficient (Wildman–Crippen LogP) is 7.62. The highest BCUT2D eigenvalue weighted by atomic mass is 19.2. The normalized spacial score (nSPS) is 13.9. The van der Waals surface area contributed by atoms with E-state index in [0.717, 1.165) is 16.7 Å². The predicted molar refractivity (Wildman–Crippen MR) is 141 cm³/mol. The van der Waals surface area contributed by atoms with Gasteiger partial charge in [0.2, 0.25) is 0 Å². The minimum Gasteiger partial charge on any atom is -0.457 e. The third kappa shape index (κ3) is 4.56. The van der Waals surface area contributed by atoms with E-state index in [9.17, 15) is 8.78 Å². The van der Waals surface area contributed by atoms with E-state index in [4.69, 9.17) is 14.2 Å². The lowest BCUT2D eigenvalue weighted by molar-refractivity contribution is -0.0446. The largest absolute Gasteiger partial charge is 0.457 e. The summed E-state index contributed by atoms with van der Waals surface area (Å²) in [5, 5.41) is 4.45. The van der Waals surface area contributed by atoms with Crippen molar-refractivity contribution in [2.45, 2.75) is 26.7 Å². The number of aromatic nitrogens is 2. The number of fused-ring (bicyclic) bond motifs is 1. The number of rotatable bonds is 6. The molecule has 1 aliphatic rings. The molecule has 0 bridgehead atoms. The maximum absolute atomic E-state index is 15.2. The molecule has 1 fully saturated rings. The molecule has 0 N–H and O–H groups in total. The second-order valence-electron chi connectivity index (χ2n) is 9.45. The van der Waals surface area contributed by atoms with Crippen molar-refractivity contribution in [2.24, 2.45) is 0 Å². The van der Waals surface area contributed by atoms with Crippen molar-refractivity contribution in [3.63, 3.8) is 0 Å². The first-order valence-corrected chi connectivity index (χ1v) is 12.6. The fourth-order valence-corrected chi connectivity index (χ4v) is 4.91. The molecule has 0 amide bonds. The van der Waals surface area contributed by atoms with Crippen molar-refractivity contribution in [1.29, 1.82) is 0 Å². The molecule has 0 atom stereocenters. The van der Waals surface area contributed by atoms with Gasteiger partial charge < -0.3 is 14.2 Å². The second kappa shape index (κ2) is 10.2. The maximum Gasteiger partial charge on any atom is 0.195 e. The Kier molecular flexibility index (Phi) is 6.58. The minimum atomic E-state index is -1.51. The van der Waals surface area contributed by atoms with Crippen molar-refractivity contribution in [1.82, 2.24) is 9.78 Å². The Labute approximate surface area is 223 Å². The molecule has 0 saturated carbocycles. The van der Waals surface area contributed by atoms with Crippen LogP contribution in [0.4, 0.5) is 13.2 Å². The number of nitrogens with zero attached hydrogens (tertiary/aromatic N) is 2. The number of benzene rings is 4. The topological polar surface area (TPSA) is 45.5 Å². The van der Waals surface area contributed by atoms with Crippen LogP contribution in [0.15, 0.2) is 72.8 Å². The molecular weight excluding hydrogens is 505 g/mol. The molecule has 39 heavy (non-hydrogen) atoms. The van der Waals surface area contributed by atoms with Gasteiger partial charge in [-0.2, -0.15) is 5.10 Å². The number of ether oxygens (including phenoxy) is 3. The smallest absolute Gasteiger partial charge is 0.195 e. The van der Waals surface area contributed by atoms with Crippen molar-refractivity contribution >= 4 is 10.9 Å². The van der Waals surface area contributed by atoms with E-state index < -0.39 is 23.7 Å². The Hall–Kier alpha value is -4.14. The zero-order valence-electron chi connectivity index (χ0n) is 21.4. The van der Waals surface area contributed by atoms with Crippen LogP contribution in [-0.2, 0) is 16.0 Å². The first-order chi connectivity index (χ1) is 18.9. The summed E-state index contributed by atoms with van der Waals surface area (Å²) >= 11 is 0. The van der Waals surface area contributed by atoms with Gasteiger partial charge in [-0.3, -0.25) is 4.68 Å². The van der Waals surface area contributed by atoms with E-state index >= 15 is 4.39 Å². The molecule has 0 radical (unpaired) electrons. The van der Waals surface area contributed by atoms with Crippen molar-refractivity contribution in [2.75, 3.05) is 13.2 Å². The van der Waals surface area contributed by atoms with Gasteiger partial charge >= 0.3 is 0 Å². The van der Waals surface area contributed by atoms with Gasteiger partial charge in [-0.1, -0.05) is 42.5 Å². The number of halogens is 3. The van der Waals surface area contributed by atoms with Crippen molar-refractivity contribution in [3.8, 4) is 22.8 Å². The third-order valence-electron chi connectivity index (χ3n) is 6.97. The minimum absolute atomic E-state index is 0.0394. The standard InChI is InChI=1S/C31H25F3N2O3/c1-18-23(31-37-15-16-38-31)9-6-10-24(18)39-22-13-11-21(12-14-22)30-25-27(33)28(34)26(32)19(2)29(25)35-36(30)17-20-7-4-3-5-8-20/h3-14,31H,15-17H2,1-2H3. The summed E-state index contributed by atoms with van der Waals surface area (Å²) in [5.74, 6) is -2.79. The quantitative estimate of drug-likeness (QED) is 0.212. The highest BCUT2D eigenvalue weighted by molar-refractivity contribution is 5.95. The molecule has 0 spiro atoms. The summed E-state index contributed by atoms with van der Waals surface area (Å²) in [7, 11) is 0. The van der Waals surface area contributed by atoms with Gasteiger partial charge in [-0.15, -0.1) is 0 Å². The lowest BCUT2D eigenvalue weighted by atomic mass is 10.0. The van der Waals surface area contributed by atoms with Crippen LogP contribution < -0.4 is 4.74 Å². The van der Waals surface area contributed by atoms with Gasteiger partial charge in [0.05, 0.1) is 30.8 Å². The molecule has 1 aromatic heterocycles. The lowest BCUT2D eigenvalue weighted by Gasteiger charge is -2.16. The average Bonchev–Trinajstić information content (AvgIpc) is 3.62. The highest BCUT2D eigenvalue weighted by Gasteiger charge is 2.26. The van der Waals surface area contributed by atoms with E-state index in [1.165, 1.54) is 6.92 Å². The third-order valence-corrected chi connectivity index (χ3v) is 6.97. The highest BCUT2D eigenvalue weighted by Crippen LogP contribution is 2.38. The Bertz CT molecular complexity index is 1660. The SMILES string of the molecule is Cc1c(Oc2ccc(-c3c4c(F)c(F)c(F)c(C)c4nn3Cc3ccccc3)cc2)cccc1C1OCCO1. The van der Waals surface area contributed by atoms with Crippen LogP contribution in [0.3, 0.4) is 0 Å². The monoisotopic (exact) mass is 530 g/mol. The molecule has 5 nitrogen and oxygen atoms in total. The van der Waals surface area contributed by atoms with E-state index in [1.807, 2.05) is 55.5 Å². The lowest BCUT2D eigenvalue weighted by Crippen LogP contribution is -2.04. The molecule has 1 aliphatic heterocycles. The van der Waals surface area contributed by atoms with Crippen molar-refractivity contribution in [3.05, 3.63) is 113 Å². The molecule has 198 valence electrons. The zero-order valence-corrected chi connectivity index (χ0v) is 21.4. The van der Waals surface area contributed by atoms with Crippen LogP contribution in [0.1, 0.15) is 28.5 Å². The van der Waals surface area contributed by atoms with Gasteiger partial charge in [0, 0.05) is 16.7 Å². The second-order valence-corrected chi connectivity index (χ2v) is 9.45. The van der Waals surface area contributed by atoms with Crippen LogP contribution in [0.5, 0.6) is 11.5 Å². The maximum atomic E-state index is 15.2. The number of hydrogen-bond acceptors (Lipinski definition) is 4. The first-order valence-electron chi connectivity index (χ1n) is 12.6. The van der Waals surface area contributed by atoms with Crippen LogP contribution in [0.2, 0.25) is 0 Å². The summed E-state index contributed by atoms with van der Waals surface area (Å²) in [6.07, 6.45) is -0.419. The summed E-state index contributed by atoms with van der Waals surface area (Å²) < 4.78 is 63.1. The summed E-state index contributed by atoms with van der Waals surface area (Å²) in [4.78, 5) is 0. The van der Waals surface area contributed by atoms with Gasteiger partial charge in [0.25, 0.3) is 0 Å². The molecule has 1 saturated heterocycles. The van der Waals surface area contributed by atoms with Crippen LogP contribution >= 0.6 is 0 Å². The molecule has 2 heterocycles. The summed E-state index contributed by atoms with van der Waals surface area (Å²) in [6.45, 7) is 4.73. The van der Waals surface area contributed by atoms with Gasteiger partial charge in [0.15, 0.2) is 23.7 Å². The zero-order chi connectivity index (χ0) is 27.1. The van der Waals surface area contributed by atoms with E-state index in [1.54, 1.807) is 28.9 Å². The van der Waals surface area contributed by atoms with Gasteiger partial charge in [-0.05, 0) is 55.3 Å². The number of aryl methyl sites for hydroxylation is 1. The molecule has 8 heteroatoms. The Balaban J connectivity index is 1.39. The Morgan fingerprint density at radius 2 is 1.54 bits per heavy atom.